The Bertz CT molecular complexity index is 2030. The molecule has 0 N–H and O–H groups in total. The van der Waals surface area contributed by atoms with Crippen LogP contribution in [-0.4, -0.2) is 15.6 Å². The van der Waals surface area contributed by atoms with Gasteiger partial charge in [0.05, 0.1) is 0 Å². The van der Waals surface area contributed by atoms with Gasteiger partial charge in [-0.2, -0.15) is 0 Å². The van der Waals surface area contributed by atoms with Gasteiger partial charge < -0.3 is 24.8 Å². The summed E-state index contributed by atoms with van der Waals surface area (Å²) in [4.78, 5) is 6.53. The van der Waals surface area contributed by atoms with Gasteiger partial charge in [-0.25, -0.2) is 0 Å². The molecular formula is C35H30Cl2S2SiZr. The molecular weight excluding hydrogens is 675 g/mol. The van der Waals surface area contributed by atoms with Gasteiger partial charge in [-0.15, -0.1) is 0 Å². The van der Waals surface area contributed by atoms with Gasteiger partial charge in [-0.3, -0.25) is 0 Å². The normalized spacial score (nSPS) is 19.2. The fourth-order valence-corrected chi connectivity index (χ4v) is 21.8. The van der Waals surface area contributed by atoms with Crippen LogP contribution in [-0.2, 0) is 24.2 Å². The molecule has 1 aromatic heterocycles. The molecule has 0 saturated heterocycles. The van der Waals surface area contributed by atoms with Crippen LogP contribution in [0.4, 0.5) is 0 Å². The summed E-state index contributed by atoms with van der Waals surface area (Å²) in [5.74, 6) is 0. The number of hydrogen-bond donors (Lipinski definition) is 0. The summed E-state index contributed by atoms with van der Waals surface area (Å²) in [7, 11) is -2.09. The topological polar surface area (TPSA) is 0 Å². The maximum atomic E-state index is 2.58. The van der Waals surface area contributed by atoms with Crippen molar-refractivity contribution in [2.75, 3.05) is 0 Å². The van der Waals surface area contributed by atoms with E-state index in [-0.39, 0.29) is 24.8 Å². The molecule has 2 aliphatic carbocycles. The standard InChI is InChI=1S/C35H30S2Si.2ClH.Zr/c1-22-19-28-31(20-22)37(38(4)5,24(3)32(28)26-15-10-7-11-16-26)35-23(2)21-29-33-27(25-13-8-6-9-14-25)17-12-18-30(33)36-34(29)35;;;/h6-19,21H,1-5H3;2*1H;/q;;;+2/p-2. The molecule has 3 aliphatic rings. The first-order valence-electron chi connectivity index (χ1n) is 13.4. The number of thiophene rings is 1. The van der Waals surface area contributed by atoms with Crippen LogP contribution in [0.25, 0.3) is 32.9 Å². The average molecular weight is 705 g/mol. The van der Waals surface area contributed by atoms with E-state index in [4.69, 9.17) is 0 Å². The maximum absolute atomic E-state index is 2.58. The molecule has 1 atom stereocenters. The third-order valence-electron chi connectivity index (χ3n) is 8.36. The predicted octanol–water partition coefficient (Wildman–Crippen LogP) is 3.95. The first kappa shape index (κ1) is 30.8. The Morgan fingerprint density at radius 3 is 2.00 bits per heavy atom. The van der Waals surface area contributed by atoms with Gasteiger partial charge in [0.2, 0.25) is 0 Å². The minimum Gasteiger partial charge on any atom is -1.00 e. The molecule has 2 heterocycles. The monoisotopic (exact) mass is 702 g/mol. The molecule has 204 valence electrons. The molecule has 0 saturated carbocycles. The third kappa shape index (κ3) is 4.32. The van der Waals surface area contributed by atoms with Crippen LogP contribution in [0.3, 0.4) is 0 Å². The molecule has 41 heavy (non-hydrogen) atoms. The van der Waals surface area contributed by atoms with Crippen molar-refractivity contribution in [3.05, 3.63) is 127 Å². The van der Waals surface area contributed by atoms with Gasteiger partial charge in [0.1, 0.15) is 0 Å². The van der Waals surface area contributed by atoms with Crippen LogP contribution < -0.4 is 24.8 Å². The summed E-state index contributed by atoms with van der Waals surface area (Å²) in [6.07, 6.45) is 5.04. The van der Waals surface area contributed by atoms with E-state index in [2.05, 4.69) is 125 Å². The fourth-order valence-electron chi connectivity index (χ4n) is 6.78. The van der Waals surface area contributed by atoms with E-state index in [9.17, 15) is 0 Å². The molecule has 3 aromatic carbocycles. The van der Waals surface area contributed by atoms with E-state index < -0.39 is 16.1 Å². The molecule has 6 heteroatoms. The van der Waals surface area contributed by atoms with Gasteiger partial charge in [-0.05, 0) is 0 Å². The molecule has 0 bridgehead atoms. The zero-order valence-electron chi connectivity index (χ0n) is 23.7. The van der Waals surface area contributed by atoms with Crippen molar-refractivity contribution >= 4 is 57.3 Å². The molecule has 0 fully saturated rings. The Morgan fingerprint density at radius 2 is 1.37 bits per heavy atom. The van der Waals surface area contributed by atoms with E-state index in [1.165, 1.54) is 59.5 Å². The predicted molar refractivity (Wildman–Crippen MR) is 175 cm³/mol. The quantitative estimate of drug-likeness (QED) is 0.219. The van der Waals surface area contributed by atoms with Gasteiger partial charge in [0, 0.05) is 0 Å². The van der Waals surface area contributed by atoms with Crippen molar-refractivity contribution < 1.29 is 49.0 Å². The summed E-state index contributed by atoms with van der Waals surface area (Å²) in [5.41, 5.74) is 11.5. The zero-order valence-corrected chi connectivity index (χ0v) is 30.3. The summed E-state index contributed by atoms with van der Waals surface area (Å²) in [5, 5.41) is 1.43. The van der Waals surface area contributed by atoms with Crippen LogP contribution in [0.1, 0.15) is 36.8 Å². The first-order chi connectivity index (χ1) is 18.9. The number of fused-ring (bicyclic) bond motifs is 3. The second-order valence-electron chi connectivity index (χ2n) is 10.8. The van der Waals surface area contributed by atoms with Crippen LogP contribution in [0.2, 0.25) is 13.1 Å². The molecule has 0 nitrogen and oxygen atoms in total. The average Bonchev–Trinajstić information content (AvgIpc) is 3.62. The van der Waals surface area contributed by atoms with Gasteiger partial charge in [0.15, 0.2) is 0 Å². The SMILES string of the molecule is CC1=CC2=C([C]1=[Zr+2])S(=C1C(C)=Cc3c1sc1cccc(-c4ccccc4)c31)(=[Si](C)C)C(C)=C2c1ccccc1.[Cl-].[Cl-]. The summed E-state index contributed by atoms with van der Waals surface area (Å²) in [6.45, 7) is 12.4. The van der Waals surface area contributed by atoms with Gasteiger partial charge in [0.25, 0.3) is 0 Å². The largest absolute Gasteiger partial charge is 1.00 e. The van der Waals surface area contributed by atoms with E-state index in [1.54, 1.807) is 42.1 Å². The van der Waals surface area contributed by atoms with Crippen molar-refractivity contribution in [3.63, 3.8) is 0 Å². The molecule has 4 aromatic rings. The van der Waals surface area contributed by atoms with Crippen molar-refractivity contribution in [2.24, 2.45) is 0 Å². The summed E-state index contributed by atoms with van der Waals surface area (Å²) in [6, 6.07) is 29.0. The first-order valence-corrected chi connectivity index (χ1v) is 20.3. The molecule has 0 spiro atoms. The molecule has 1 unspecified atom stereocenters. The van der Waals surface area contributed by atoms with E-state index in [0.29, 0.717) is 0 Å². The Balaban J connectivity index is 0.00000169. The Morgan fingerprint density at radius 1 is 0.732 bits per heavy atom. The Kier molecular flexibility index (Phi) is 8.60. The van der Waals surface area contributed by atoms with Crippen molar-refractivity contribution in [1.29, 1.82) is 0 Å². The van der Waals surface area contributed by atoms with E-state index in [1.807, 2.05) is 11.3 Å². The number of halogens is 2. The number of benzene rings is 3. The minimum absolute atomic E-state index is 0. The minimum atomic E-state index is -1.33. The van der Waals surface area contributed by atoms with Crippen LogP contribution in [0, 0.1) is 0 Å². The molecule has 0 amide bonds. The van der Waals surface area contributed by atoms with Crippen LogP contribution in [0.5, 0.6) is 0 Å². The molecule has 0 radical (unpaired) electrons. The van der Waals surface area contributed by atoms with Gasteiger partial charge >= 0.3 is 254 Å². The second kappa shape index (κ2) is 11.5. The smallest absolute Gasteiger partial charge is 1.00 e. The van der Waals surface area contributed by atoms with Gasteiger partial charge in [-0.1, -0.05) is 0 Å². The maximum Gasteiger partial charge on any atom is -1.00 e. The number of allylic oxidation sites excluding steroid dienone is 7. The fraction of sp³-hybridized carbons (Fsp3) is 0.143. The van der Waals surface area contributed by atoms with Crippen molar-refractivity contribution in [2.45, 2.75) is 33.9 Å². The van der Waals surface area contributed by atoms with Crippen molar-refractivity contribution in [3.8, 4) is 11.1 Å². The van der Waals surface area contributed by atoms with E-state index in [0.717, 1.165) is 0 Å². The van der Waals surface area contributed by atoms with E-state index >= 15 is 0 Å². The number of rotatable bonds is 2. The van der Waals surface area contributed by atoms with Crippen LogP contribution in [0.15, 0.2) is 111 Å². The second-order valence-corrected chi connectivity index (χ2v) is 21.8. The number of hydrogen-bond acceptors (Lipinski definition) is 1. The molecule has 1 aliphatic heterocycles. The Labute approximate surface area is 276 Å². The zero-order chi connectivity index (χ0) is 27.1. The summed E-state index contributed by atoms with van der Waals surface area (Å²) < 4.78 is 3.01. The summed E-state index contributed by atoms with van der Waals surface area (Å²) >= 11 is 3.57. The molecule has 7 rings (SSSR count). The third-order valence-corrected chi connectivity index (χ3v) is 22.0. The Hall–Kier alpha value is -1.65. The van der Waals surface area contributed by atoms with Crippen LogP contribution >= 0.6 is 20.0 Å². The van der Waals surface area contributed by atoms with Crippen molar-refractivity contribution in [1.82, 2.24) is 0 Å².